The Morgan fingerprint density at radius 2 is 1.85 bits per heavy atom. The lowest BCUT2D eigenvalue weighted by atomic mass is 10.0. The van der Waals surface area contributed by atoms with Gasteiger partial charge in [0.2, 0.25) is 5.91 Å². The quantitative estimate of drug-likeness (QED) is 0.195. The topological polar surface area (TPSA) is 100 Å². The number of carbonyl (C=O) groups is 2. The van der Waals surface area contributed by atoms with E-state index in [1.54, 1.807) is 30.5 Å². The Bertz CT molecular complexity index is 1320. The highest BCUT2D eigenvalue weighted by molar-refractivity contribution is 14.1. The van der Waals surface area contributed by atoms with Crippen molar-refractivity contribution in [1.82, 2.24) is 19.9 Å². The molecule has 0 bridgehead atoms. The van der Waals surface area contributed by atoms with Gasteiger partial charge in [-0.2, -0.15) is 0 Å². The predicted octanol–water partition coefficient (Wildman–Crippen LogP) is 4.43. The minimum Gasteiger partial charge on any atom is -0.457 e. The number of ether oxygens (including phenoxy) is 1. The van der Waals surface area contributed by atoms with Crippen molar-refractivity contribution in [3.8, 4) is 11.5 Å². The molecule has 1 fully saturated rings. The maximum absolute atomic E-state index is 13.4. The number of hydrogen-bond acceptors (Lipinski definition) is 6. The van der Waals surface area contributed by atoms with Gasteiger partial charge in [0, 0.05) is 30.9 Å². The van der Waals surface area contributed by atoms with Crippen LogP contribution in [0.25, 0.3) is 11.0 Å². The van der Waals surface area contributed by atoms with Gasteiger partial charge in [-0.3, -0.25) is 9.59 Å². The Balaban J connectivity index is 1.37. The third kappa shape index (κ3) is 4.60. The number of benzene rings is 2. The Hall–Kier alpha value is -3.47. The van der Waals surface area contributed by atoms with Crippen LogP contribution in [0.3, 0.4) is 0 Å². The van der Waals surface area contributed by atoms with Gasteiger partial charge in [-0.05, 0) is 42.8 Å². The second-order valence-corrected chi connectivity index (χ2v) is 8.78. The van der Waals surface area contributed by atoms with Crippen molar-refractivity contribution in [1.29, 1.82) is 0 Å². The van der Waals surface area contributed by atoms with Gasteiger partial charge in [0.1, 0.15) is 29.3 Å². The first-order valence-corrected chi connectivity index (χ1v) is 12.4. The van der Waals surface area contributed by atoms with Crippen molar-refractivity contribution in [2.24, 2.45) is 0 Å². The zero-order valence-corrected chi connectivity index (χ0v) is 20.4. The molecule has 34 heavy (non-hydrogen) atoms. The summed E-state index contributed by atoms with van der Waals surface area (Å²) in [5, 5.41) is 4.07. The second-order valence-electron chi connectivity index (χ2n) is 8.02. The van der Waals surface area contributed by atoms with Crippen LogP contribution >= 0.6 is 22.6 Å². The molecule has 1 atom stereocenters. The lowest BCUT2D eigenvalue weighted by molar-refractivity contribution is -0.127. The molecule has 2 aromatic carbocycles. The van der Waals surface area contributed by atoms with Gasteiger partial charge >= 0.3 is 0 Å². The Kier molecular flexibility index (Phi) is 6.43. The summed E-state index contributed by atoms with van der Waals surface area (Å²) in [7, 11) is 0. The van der Waals surface area contributed by atoms with E-state index >= 15 is 0 Å². The average molecular weight is 567 g/mol. The van der Waals surface area contributed by atoms with Gasteiger partial charge < -0.3 is 19.9 Å². The summed E-state index contributed by atoms with van der Waals surface area (Å²) in [6, 6.07) is 16.6. The highest BCUT2D eigenvalue weighted by Crippen LogP contribution is 2.28. The van der Waals surface area contributed by atoms with E-state index in [-0.39, 0.29) is 17.7 Å². The molecule has 5 rings (SSSR count). The molecular formula is C25H22IN5O3. The molecule has 1 aliphatic rings. The standard InChI is InChI=1S/C25H22IN5O3/c26-12-21(32)31-11-10-17(14-31)30-25-22-20(13-27-24(22)28-15-29-25)23(33)16-6-8-19(9-7-16)34-18-4-2-1-3-5-18/h1-9,13,15,17H,10-12,14H2,(H2,27,28,29,30). The molecule has 2 aromatic heterocycles. The number of nitrogens with one attached hydrogen (secondary N) is 2. The van der Waals surface area contributed by atoms with Crippen molar-refractivity contribution in [2.45, 2.75) is 12.5 Å². The maximum atomic E-state index is 13.4. The van der Waals surface area contributed by atoms with Crippen LogP contribution in [-0.4, -0.2) is 55.1 Å². The molecular weight excluding hydrogens is 545 g/mol. The molecule has 0 spiro atoms. The molecule has 4 aromatic rings. The minimum absolute atomic E-state index is 0.0669. The maximum Gasteiger partial charge on any atom is 0.232 e. The smallest absolute Gasteiger partial charge is 0.232 e. The van der Waals surface area contributed by atoms with Crippen LogP contribution in [0.1, 0.15) is 22.3 Å². The number of nitrogens with zero attached hydrogens (tertiary/aromatic N) is 3. The number of carbonyl (C=O) groups excluding carboxylic acids is 2. The number of hydrogen-bond donors (Lipinski definition) is 2. The van der Waals surface area contributed by atoms with Crippen LogP contribution in [0.15, 0.2) is 67.1 Å². The van der Waals surface area contributed by atoms with E-state index in [4.69, 9.17) is 4.74 Å². The third-order valence-electron chi connectivity index (χ3n) is 5.81. The fraction of sp³-hybridized carbons (Fsp3) is 0.200. The number of fused-ring (bicyclic) bond motifs is 1. The minimum atomic E-state index is -0.136. The normalized spacial score (nSPS) is 15.4. The van der Waals surface area contributed by atoms with Gasteiger partial charge in [0.05, 0.1) is 15.4 Å². The van der Waals surface area contributed by atoms with Gasteiger partial charge in [0.25, 0.3) is 0 Å². The van der Waals surface area contributed by atoms with Gasteiger partial charge in [-0.25, -0.2) is 9.97 Å². The molecule has 0 radical (unpaired) electrons. The van der Waals surface area contributed by atoms with E-state index < -0.39 is 0 Å². The van der Waals surface area contributed by atoms with Crippen molar-refractivity contribution >= 4 is 51.1 Å². The van der Waals surface area contributed by atoms with Crippen molar-refractivity contribution < 1.29 is 14.3 Å². The summed E-state index contributed by atoms with van der Waals surface area (Å²) >= 11 is 2.09. The van der Waals surface area contributed by atoms with Crippen molar-refractivity contribution in [3.63, 3.8) is 0 Å². The van der Waals surface area contributed by atoms with Gasteiger partial charge in [0.15, 0.2) is 5.78 Å². The zero-order chi connectivity index (χ0) is 23.5. The number of ketones is 1. The number of para-hydroxylation sites is 1. The van der Waals surface area contributed by atoms with E-state index in [0.717, 1.165) is 12.2 Å². The Morgan fingerprint density at radius 1 is 1.09 bits per heavy atom. The van der Waals surface area contributed by atoms with E-state index in [1.165, 1.54) is 6.33 Å². The summed E-state index contributed by atoms with van der Waals surface area (Å²) in [6.45, 7) is 1.33. The van der Waals surface area contributed by atoms with E-state index in [0.29, 0.717) is 51.2 Å². The SMILES string of the molecule is O=C(c1ccc(Oc2ccccc2)cc1)c1c[nH]c2ncnc(NC3CCN(C(=O)CI)C3)c12. The van der Waals surface area contributed by atoms with Crippen molar-refractivity contribution in [3.05, 3.63) is 78.2 Å². The summed E-state index contributed by atoms with van der Waals surface area (Å²) < 4.78 is 6.29. The zero-order valence-electron chi connectivity index (χ0n) is 18.2. The van der Waals surface area contributed by atoms with E-state index in [9.17, 15) is 9.59 Å². The molecule has 3 heterocycles. The molecule has 8 nitrogen and oxygen atoms in total. The first-order valence-electron chi connectivity index (χ1n) is 10.9. The Morgan fingerprint density at radius 3 is 2.62 bits per heavy atom. The second kappa shape index (κ2) is 9.80. The first-order chi connectivity index (χ1) is 16.6. The van der Waals surface area contributed by atoms with Crippen LogP contribution in [0.2, 0.25) is 0 Å². The highest BCUT2D eigenvalue weighted by Gasteiger charge is 2.27. The lowest BCUT2D eigenvalue weighted by Gasteiger charge is -2.17. The number of aromatic amines is 1. The predicted molar refractivity (Wildman–Crippen MR) is 138 cm³/mol. The number of H-pyrrole nitrogens is 1. The van der Waals surface area contributed by atoms with Crippen LogP contribution in [0, 0.1) is 0 Å². The van der Waals surface area contributed by atoms with Crippen molar-refractivity contribution in [2.75, 3.05) is 22.8 Å². The Labute approximate surface area is 209 Å². The molecule has 1 saturated heterocycles. The molecule has 1 aliphatic heterocycles. The number of alkyl halides is 1. The summed E-state index contributed by atoms with van der Waals surface area (Å²) in [5.41, 5.74) is 1.62. The van der Waals surface area contributed by atoms with Crippen LogP contribution in [0.5, 0.6) is 11.5 Å². The number of halogens is 1. The van der Waals surface area contributed by atoms with E-state index in [2.05, 4.69) is 42.9 Å². The molecule has 0 saturated carbocycles. The van der Waals surface area contributed by atoms with Crippen LogP contribution < -0.4 is 10.1 Å². The summed E-state index contributed by atoms with van der Waals surface area (Å²) in [5.74, 6) is 1.97. The molecule has 1 amide bonds. The first kappa shape index (κ1) is 22.3. The molecule has 9 heteroatoms. The molecule has 172 valence electrons. The van der Waals surface area contributed by atoms with Crippen LogP contribution in [0.4, 0.5) is 5.82 Å². The van der Waals surface area contributed by atoms with Gasteiger partial charge in [-0.15, -0.1) is 0 Å². The number of likely N-dealkylation sites (tertiary alicyclic amines) is 1. The third-order valence-corrected chi connectivity index (χ3v) is 6.46. The average Bonchev–Trinajstić information content (AvgIpc) is 3.52. The number of aromatic nitrogens is 3. The highest BCUT2D eigenvalue weighted by atomic mass is 127. The molecule has 2 N–H and O–H groups in total. The molecule has 0 aliphatic carbocycles. The number of anilines is 1. The number of rotatable bonds is 7. The summed E-state index contributed by atoms with van der Waals surface area (Å²) in [6.07, 6.45) is 3.96. The lowest BCUT2D eigenvalue weighted by Crippen LogP contribution is -2.32. The monoisotopic (exact) mass is 567 g/mol. The van der Waals surface area contributed by atoms with Gasteiger partial charge in [-0.1, -0.05) is 40.8 Å². The fourth-order valence-electron chi connectivity index (χ4n) is 4.09. The summed E-state index contributed by atoms with van der Waals surface area (Å²) in [4.78, 5) is 39.0. The number of amides is 1. The fourth-order valence-corrected chi connectivity index (χ4v) is 4.57. The largest absolute Gasteiger partial charge is 0.457 e. The molecule has 1 unspecified atom stereocenters. The van der Waals surface area contributed by atoms with Crippen LogP contribution in [-0.2, 0) is 4.79 Å². The van der Waals surface area contributed by atoms with E-state index in [1.807, 2.05) is 35.2 Å².